The van der Waals surface area contributed by atoms with Crippen LogP contribution in [0.1, 0.15) is 15.9 Å². The Kier molecular flexibility index (Phi) is 4.97. The summed E-state index contributed by atoms with van der Waals surface area (Å²) < 4.78 is 15.8. The average molecular weight is 377 g/mol. The summed E-state index contributed by atoms with van der Waals surface area (Å²) in [6.45, 7) is 0.798. The minimum atomic E-state index is -0.210. The monoisotopic (exact) mass is 377 g/mol. The second-order valence-corrected chi connectivity index (χ2v) is 6.15. The Bertz CT molecular complexity index is 989. The predicted octanol–water partition coefficient (Wildman–Crippen LogP) is 3.68. The molecule has 28 heavy (non-hydrogen) atoms. The van der Waals surface area contributed by atoms with Crippen molar-refractivity contribution in [1.29, 1.82) is 0 Å². The first-order chi connectivity index (χ1) is 13.7. The largest absolute Gasteiger partial charge is 0.497 e. The fourth-order valence-corrected chi connectivity index (χ4v) is 2.79. The fraction of sp³-hybridized carbons (Fsp3) is 0.143. The zero-order valence-corrected chi connectivity index (χ0v) is 15.3. The molecule has 1 amide bonds. The van der Waals surface area contributed by atoms with E-state index in [-0.39, 0.29) is 12.7 Å². The van der Waals surface area contributed by atoms with Crippen molar-refractivity contribution < 1.29 is 19.0 Å². The number of fused-ring (bicyclic) bond motifs is 1. The van der Waals surface area contributed by atoms with E-state index >= 15 is 0 Å². The molecule has 0 saturated heterocycles. The molecule has 0 aliphatic carbocycles. The van der Waals surface area contributed by atoms with Gasteiger partial charge in [0.05, 0.1) is 7.11 Å². The molecule has 1 aliphatic heterocycles. The number of methoxy groups -OCH3 is 1. The van der Waals surface area contributed by atoms with Gasteiger partial charge in [0.2, 0.25) is 6.79 Å². The fourth-order valence-electron chi connectivity index (χ4n) is 2.79. The predicted molar refractivity (Wildman–Crippen MR) is 105 cm³/mol. The molecule has 2 aromatic carbocycles. The van der Waals surface area contributed by atoms with E-state index in [1.165, 1.54) is 0 Å². The van der Waals surface area contributed by atoms with Crippen LogP contribution in [0.5, 0.6) is 17.2 Å². The number of hydrogen-bond acceptors (Lipinski definition) is 6. The van der Waals surface area contributed by atoms with Crippen molar-refractivity contribution in [2.24, 2.45) is 0 Å². The summed E-state index contributed by atoms with van der Waals surface area (Å²) in [7, 11) is 1.60. The smallest absolute Gasteiger partial charge is 0.255 e. The Balaban J connectivity index is 1.40. The van der Waals surface area contributed by atoms with E-state index in [1.54, 1.807) is 49.7 Å². The SMILES string of the molecule is COc1ccc(NC(=O)c2ccnc(NCc3ccc4c(c3)OCO4)c2)cc1. The number of hydrogen-bond donors (Lipinski definition) is 2. The third kappa shape index (κ3) is 3.98. The Morgan fingerprint density at radius 3 is 2.71 bits per heavy atom. The molecule has 2 heterocycles. The van der Waals surface area contributed by atoms with Gasteiger partial charge in [0.25, 0.3) is 5.91 Å². The first-order valence-electron chi connectivity index (χ1n) is 8.75. The summed E-state index contributed by atoms with van der Waals surface area (Å²) in [6.07, 6.45) is 1.60. The zero-order valence-electron chi connectivity index (χ0n) is 15.3. The minimum absolute atomic E-state index is 0.210. The number of nitrogens with one attached hydrogen (secondary N) is 2. The van der Waals surface area contributed by atoms with Crippen LogP contribution < -0.4 is 24.8 Å². The lowest BCUT2D eigenvalue weighted by atomic mass is 10.2. The van der Waals surface area contributed by atoms with Gasteiger partial charge in [-0.05, 0) is 54.1 Å². The van der Waals surface area contributed by atoms with Crippen molar-refractivity contribution in [1.82, 2.24) is 4.98 Å². The number of carbonyl (C=O) groups excluding carboxylic acids is 1. The van der Waals surface area contributed by atoms with Gasteiger partial charge in [-0.1, -0.05) is 6.07 Å². The van der Waals surface area contributed by atoms with Gasteiger partial charge < -0.3 is 24.8 Å². The molecule has 0 bridgehead atoms. The zero-order chi connectivity index (χ0) is 19.3. The van der Waals surface area contributed by atoms with Crippen molar-refractivity contribution in [2.45, 2.75) is 6.54 Å². The summed E-state index contributed by atoms with van der Waals surface area (Å²) >= 11 is 0. The maximum absolute atomic E-state index is 12.5. The van der Waals surface area contributed by atoms with Crippen LogP contribution in [0.3, 0.4) is 0 Å². The lowest BCUT2D eigenvalue weighted by molar-refractivity contribution is 0.102. The average Bonchev–Trinajstić information content (AvgIpc) is 3.21. The molecule has 3 aromatic rings. The van der Waals surface area contributed by atoms with Gasteiger partial charge in [-0.15, -0.1) is 0 Å². The summed E-state index contributed by atoms with van der Waals surface area (Å²) in [5.41, 5.74) is 2.23. The van der Waals surface area contributed by atoms with Gasteiger partial charge in [0.15, 0.2) is 11.5 Å². The van der Waals surface area contributed by atoms with Crippen molar-refractivity contribution in [3.63, 3.8) is 0 Å². The number of ether oxygens (including phenoxy) is 3. The second-order valence-electron chi connectivity index (χ2n) is 6.15. The lowest BCUT2D eigenvalue weighted by Crippen LogP contribution is -2.12. The molecule has 1 aromatic heterocycles. The number of anilines is 2. The van der Waals surface area contributed by atoms with E-state index in [4.69, 9.17) is 14.2 Å². The van der Waals surface area contributed by atoms with E-state index in [0.29, 0.717) is 23.6 Å². The quantitative estimate of drug-likeness (QED) is 0.682. The number of nitrogens with zero attached hydrogens (tertiary/aromatic N) is 1. The van der Waals surface area contributed by atoms with E-state index in [9.17, 15) is 4.79 Å². The van der Waals surface area contributed by atoms with Gasteiger partial charge in [-0.25, -0.2) is 4.98 Å². The molecular weight excluding hydrogens is 358 g/mol. The molecule has 0 fully saturated rings. The lowest BCUT2D eigenvalue weighted by Gasteiger charge is -2.09. The highest BCUT2D eigenvalue weighted by Crippen LogP contribution is 2.32. The van der Waals surface area contributed by atoms with Gasteiger partial charge in [0, 0.05) is 24.0 Å². The maximum Gasteiger partial charge on any atom is 0.255 e. The van der Waals surface area contributed by atoms with E-state index in [1.807, 2.05) is 18.2 Å². The van der Waals surface area contributed by atoms with Crippen LogP contribution in [-0.4, -0.2) is 24.8 Å². The molecule has 142 valence electrons. The summed E-state index contributed by atoms with van der Waals surface area (Å²) in [6, 6.07) is 16.3. The number of carbonyl (C=O) groups is 1. The van der Waals surface area contributed by atoms with Gasteiger partial charge in [-0.2, -0.15) is 0 Å². The van der Waals surface area contributed by atoms with Crippen LogP contribution in [0.2, 0.25) is 0 Å². The van der Waals surface area contributed by atoms with Crippen LogP contribution in [0.4, 0.5) is 11.5 Å². The van der Waals surface area contributed by atoms with Crippen LogP contribution in [-0.2, 0) is 6.54 Å². The Labute approximate surface area is 162 Å². The van der Waals surface area contributed by atoms with Crippen LogP contribution in [0, 0.1) is 0 Å². The van der Waals surface area contributed by atoms with Crippen molar-refractivity contribution >= 4 is 17.4 Å². The van der Waals surface area contributed by atoms with Crippen molar-refractivity contribution in [3.05, 3.63) is 71.9 Å². The molecule has 0 radical (unpaired) electrons. The molecule has 0 saturated carbocycles. The first kappa shape index (κ1) is 17.7. The van der Waals surface area contributed by atoms with Crippen LogP contribution in [0.25, 0.3) is 0 Å². The van der Waals surface area contributed by atoms with Crippen LogP contribution >= 0.6 is 0 Å². The third-order valence-corrected chi connectivity index (χ3v) is 4.28. The van der Waals surface area contributed by atoms with Crippen molar-refractivity contribution in [3.8, 4) is 17.2 Å². The molecule has 1 aliphatic rings. The molecule has 7 heteroatoms. The number of aromatic nitrogens is 1. The van der Waals surface area contributed by atoms with E-state index in [2.05, 4.69) is 15.6 Å². The third-order valence-electron chi connectivity index (χ3n) is 4.28. The maximum atomic E-state index is 12.5. The Morgan fingerprint density at radius 1 is 1.07 bits per heavy atom. The number of amides is 1. The second kappa shape index (κ2) is 7.87. The molecule has 0 spiro atoms. The topological polar surface area (TPSA) is 81.7 Å². The number of benzene rings is 2. The highest BCUT2D eigenvalue weighted by Gasteiger charge is 2.13. The molecule has 2 N–H and O–H groups in total. The number of rotatable bonds is 6. The number of pyridine rings is 1. The molecule has 7 nitrogen and oxygen atoms in total. The summed E-state index contributed by atoms with van der Waals surface area (Å²) in [5, 5.41) is 6.08. The molecular formula is C21H19N3O4. The minimum Gasteiger partial charge on any atom is -0.497 e. The summed E-state index contributed by atoms with van der Waals surface area (Å²) in [4.78, 5) is 16.8. The standard InChI is InChI=1S/C21H19N3O4/c1-26-17-5-3-16(4-6-17)24-21(25)15-8-9-22-20(11-15)23-12-14-2-7-18-19(10-14)28-13-27-18/h2-11H,12-13H2,1H3,(H,22,23)(H,24,25). The summed E-state index contributed by atoms with van der Waals surface area (Å²) in [5.74, 6) is 2.62. The van der Waals surface area contributed by atoms with Gasteiger partial charge in [0.1, 0.15) is 11.6 Å². The van der Waals surface area contributed by atoms with E-state index in [0.717, 1.165) is 22.8 Å². The highest BCUT2D eigenvalue weighted by molar-refractivity contribution is 6.04. The normalized spacial score (nSPS) is 11.8. The molecule has 0 unspecified atom stereocenters. The highest BCUT2D eigenvalue weighted by atomic mass is 16.7. The van der Waals surface area contributed by atoms with Crippen LogP contribution in [0.15, 0.2) is 60.8 Å². The Morgan fingerprint density at radius 2 is 1.89 bits per heavy atom. The van der Waals surface area contributed by atoms with Gasteiger partial charge >= 0.3 is 0 Å². The molecule has 4 rings (SSSR count). The molecule has 0 atom stereocenters. The van der Waals surface area contributed by atoms with Gasteiger partial charge in [-0.3, -0.25) is 4.79 Å². The Hall–Kier alpha value is -3.74. The first-order valence-corrected chi connectivity index (χ1v) is 8.75. The van der Waals surface area contributed by atoms with E-state index < -0.39 is 0 Å². The van der Waals surface area contributed by atoms with Crippen molar-refractivity contribution in [2.75, 3.05) is 24.5 Å².